The Morgan fingerprint density at radius 1 is 1.00 bits per heavy atom. The third-order valence-electron chi connectivity index (χ3n) is 3.96. The Kier molecular flexibility index (Phi) is 4.05. The van der Waals surface area contributed by atoms with E-state index in [0.29, 0.717) is 5.92 Å². The van der Waals surface area contributed by atoms with E-state index in [-0.39, 0.29) is 4.75 Å². The summed E-state index contributed by atoms with van der Waals surface area (Å²) in [7, 11) is 0. The van der Waals surface area contributed by atoms with E-state index in [4.69, 9.17) is 12.2 Å². The molecule has 1 unspecified atom stereocenters. The number of anilines is 1. The summed E-state index contributed by atoms with van der Waals surface area (Å²) in [5.41, 5.74) is 1.21. The maximum Gasteiger partial charge on any atom is 0.0887 e. The molecule has 108 valence electrons. The molecule has 1 fully saturated rings. The molecule has 0 aliphatic carbocycles. The van der Waals surface area contributed by atoms with Crippen LogP contribution < -0.4 is 4.90 Å². The number of hydrogen-bond donors (Lipinski definition) is 0. The molecule has 0 radical (unpaired) electrons. The first-order chi connectivity index (χ1) is 10.1. The van der Waals surface area contributed by atoms with E-state index in [1.54, 1.807) is 0 Å². The quantitative estimate of drug-likeness (QED) is 0.576. The molecule has 21 heavy (non-hydrogen) atoms. The van der Waals surface area contributed by atoms with Gasteiger partial charge in [-0.05, 0) is 38.1 Å². The van der Waals surface area contributed by atoms with Crippen molar-refractivity contribution in [3.63, 3.8) is 0 Å². The van der Waals surface area contributed by atoms with Gasteiger partial charge in [-0.25, -0.2) is 0 Å². The minimum atomic E-state index is 0.115. The average Bonchev–Trinajstić information content (AvgIpc) is 2.47. The van der Waals surface area contributed by atoms with Crippen molar-refractivity contribution in [2.75, 3.05) is 11.4 Å². The second-order valence-corrected chi connectivity index (χ2v) is 8.00. The number of benzene rings is 2. The van der Waals surface area contributed by atoms with Crippen molar-refractivity contribution in [1.29, 1.82) is 0 Å². The van der Waals surface area contributed by atoms with Gasteiger partial charge in [-0.3, -0.25) is 0 Å². The van der Waals surface area contributed by atoms with E-state index in [0.717, 1.165) is 11.5 Å². The molecule has 1 nitrogen and oxygen atoms in total. The van der Waals surface area contributed by atoms with Gasteiger partial charge in [0.1, 0.15) is 0 Å². The van der Waals surface area contributed by atoms with Crippen LogP contribution in [0.3, 0.4) is 0 Å². The van der Waals surface area contributed by atoms with E-state index in [2.05, 4.69) is 73.3 Å². The van der Waals surface area contributed by atoms with Gasteiger partial charge in [-0.2, -0.15) is 0 Å². The lowest BCUT2D eigenvalue weighted by atomic mass is 9.87. The second-order valence-electron chi connectivity index (χ2n) is 5.86. The van der Waals surface area contributed by atoms with Gasteiger partial charge in [0.15, 0.2) is 0 Å². The molecule has 0 aromatic heterocycles. The molecule has 2 aromatic rings. The molecule has 1 atom stereocenters. The van der Waals surface area contributed by atoms with Gasteiger partial charge in [0.05, 0.1) is 4.99 Å². The number of hydrogen-bond acceptors (Lipinski definition) is 2. The first-order valence-electron chi connectivity index (χ1n) is 7.18. The topological polar surface area (TPSA) is 3.24 Å². The second kappa shape index (κ2) is 5.82. The van der Waals surface area contributed by atoms with Crippen molar-refractivity contribution in [2.24, 2.45) is 5.92 Å². The van der Waals surface area contributed by atoms with E-state index >= 15 is 0 Å². The lowest BCUT2D eigenvalue weighted by Crippen LogP contribution is -2.58. The fourth-order valence-electron chi connectivity index (χ4n) is 2.65. The molecule has 1 aliphatic rings. The van der Waals surface area contributed by atoms with Crippen LogP contribution in [0.1, 0.15) is 13.8 Å². The van der Waals surface area contributed by atoms with Gasteiger partial charge >= 0.3 is 0 Å². The van der Waals surface area contributed by atoms with Gasteiger partial charge < -0.3 is 4.90 Å². The zero-order valence-electron chi connectivity index (χ0n) is 12.3. The molecule has 0 bridgehead atoms. The maximum atomic E-state index is 5.69. The summed E-state index contributed by atoms with van der Waals surface area (Å²) in [6.07, 6.45) is 0. The normalized spacial score (nSPS) is 18.5. The number of para-hydroxylation sites is 1. The molecule has 2 aromatic carbocycles. The minimum absolute atomic E-state index is 0.115. The first-order valence-corrected chi connectivity index (χ1v) is 8.41. The molecule has 0 spiro atoms. The SMILES string of the molecule is CC(C)(Sc1ccccc1)C1CN(c2ccccc2)C1=S. The molecule has 1 aliphatic heterocycles. The number of thiocarbonyl (C=S) groups is 1. The third kappa shape index (κ3) is 2.99. The molecule has 3 rings (SSSR count). The van der Waals surface area contributed by atoms with Crippen LogP contribution in [0.2, 0.25) is 0 Å². The summed E-state index contributed by atoms with van der Waals surface area (Å²) in [6.45, 7) is 5.60. The molecule has 1 heterocycles. The van der Waals surface area contributed by atoms with Crippen LogP contribution in [0.25, 0.3) is 0 Å². The number of rotatable bonds is 4. The number of thioether (sulfide) groups is 1. The molecular formula is C18H19NS2. The highest BCUT2D eigenvalue weighted by Gasteiger charge is 2.44. The standard InChI is InChI=1S/C18H19NS2/c1-18(2,21-15-11-7-4-8-12-15)16-13-19(17(16)20)14-9-5-3-6-10-14/h3-12,16H,13H2,1-2H3. The molecule has 0 amide bonds. The van der Waals surface area contributed by atoms with Crippen molar-refractivity contribution >= 4 is 34.7 Å². The van der Waals surface area contributed by atoms with Crippen LogP contribution in [0.15, 0.2) is 65.6 Å². The lowest BCUT2D eigenvalue weighted by Gasteiger charge is -2.48. The summed E-state index contributed by atoms with van der Waals surface area (Å²) in [5.74, 6) is 0.443. The van der Waals surface area contributed by atoms with Crippen molar-refractivity contribution in [3.8, 4) is 0 Å². The highest BCUT2D eigenvalue weighted by Crippen LogP contribution is 2.44. The highest BCUT2D eigenvalue weighted by atomic mass is 32.2. The number of nitrogens with zero attached hydrogens (tertiary/aromatic N) is 1. The summed E-state index contributed by atoms with van der Waals surface area (Å²) >= 11 is 7.60. The summed E-state index contributed by atoms with van der Waals surface area (Å²) in [4.78, 5) is 4.62. The Bertz CT molecular complexity index is 622. The smallest absolute Gasteiger partial charge is 0.0887 e. The average molecular weight is 313 g/mol. The Balaban J connectivity index is 1.70. The Morgan fingerprint density at radius 3 is 2.14 bits per heavy atom. The van der Waals surface area contributed by atoms with Crippen molar-refractivity contribution in [3.05, 3.63) is 60.7 Å². The Morgan fingerprint density at radius 2 is 1.57 bits per heavy atom. The van der Waals surface area contributed by atoms with Crippen LogP contribution in [0, 0.1) is 5.92 Å². The lowest BCUT2D eigenvalue weighted by molar-refractivity contribution is 0.501. The molecular weight excluding hydrogens is 294 g/mol. The largest absolute Gasteiger partial charge is 0.335 e. The molecule has 0 N–H and O–H groups in total. The van der Waals surface area contributed by atoms with Gasteiger partial charge in [-0.15, -0.1) is 11.8 Å². The predicted octanol–water partition coefficient (Wildman–Crippen LogP) is 5.02. The molecule has 1 saturated heterocycles. The van der Waals surface area contributed by atoms with E-state index in [1.807, 2.05) is 17.8 Å². The zero-order chi connectivity index (χ0) is 14.9. The molecule has 3 heteroatoms. The fourth-order valence-corrected chi connectivity index (χ4v) is 4.50. The van der Waals surface area contributed by atoms with Crippen molar-refractivity contribution < 1.29 is 0 Å². The Labute approximate surface area is 136 Å². The van der Waals surface area contributed by atoms with Gasteiger partial charge in [-0.1, -0.05) is 48.6 Å². The summed E-state index contributed by atoms with van der Waals surface area (Å²) < 4.78 is 0.115. The zero-order valence-corrected chi connectivity index (χ0v) is 14.0. The van der Waals surface area contributed by atoms with E-state index < -0.39 is 0 Å². The van der Waals surface area contributed by atoms with Crippen LogP contribution in [-0.4, -0.2) is 16.3 Å². The minimum Gasteiger partial charge on any atom is -0.335 e. The van der Waals surface area contributed by atoms with E-state index in [9.17, 15) is 0 Å². The monoisotopic (exact) mass is 313 g/mol. The van der Waals surface area contributed by atoms with Crippen LogP contribution >= 0.6 is 24.0 Å². The summed E-state index contributed by atoms with van der Waals surface area (Å²) in [6, 6.07) is 21.0. The maximum absolute atomic E-state index is 5.69. The Hall–Kier alpha value is -1.32. The van der Waals surface area contributed by atoms with Crippen molar-refractivity contribution in [2.45, 2.75) is 23.5 Å². The predicted molar refractivity (Wildman–Crippen MR) is 96.3 cm³/mol. The van der Waals surface area contributed by atoms with Gasteiger partial charge in [0, 0.05) is 27.8 Å². The van der Waals surface area contributed by atoms with Gasteiger partial charge in [0.2, 0.25) is 0 Å². The van der Waals surface area contributed by atoms with Crippen molar-refractivity contribution in [1.82, 2.24) is 0 Å². The summed E-state index contributed by atoms with van der Waals surface area (Å²) in [5, 5.41) is 0. The third-order valence-corrected chi connectivity index (χ3v) is 5.78. The highest BCUT2D eigenvalue weighted by molar-refractivity contribution is 8.00. The fraction of sp³-hybridized carbons (Fsp3) is 0.278. The van der Waals surface area contributed by atoms with Crippen LogP contribution in [0.4, 0.5) is 5.69 Å². The van der Waals surface area contributed by atoms with Crippen LogP contribution in [0.5, 0.6) is 0 Å². The van der Waals surface area contributed by atoms with Gasteiger partial charge in [0.25, 0.3) is 0 Å². The molecule has 0 saturated carbocycles. The first kappa shape index (κ1) is 14.6. The van der Waals surface area contributed by atoms with E-state index in [1.165, 1.54) is 10.6 Å². The van der Waals surface area contributed by atoms with Crippen LogP contribution in [-0.2, 0) is 0 Å².